The maximum absolute atomic E-state index is 11.8. The van der Waals surface area contributed by atoms with Crippen LogP contribution in [0.1, 0.15) is 328 Å². The Morgan fingerprint density at radius 3 is 1.00 bits per heavy atom. The summed E-state index contributed by atoms with van der Waals surface area (Å²) in [6, 6.07) is 28.9. The summed E-state index contributed by atoms with van der Waals surface area (Å²) in [5, 5.41) is 26.1. The molecule has 1 N–H and O–H groups in total. The quantitative estimate of drug-likeness (QED) is 0.164. The summed E-state index contributed by atoms with van der Waals surface area (Å²) in [6.07, 6.45) is 25.6. The number of aromatic nitrogens is 12. The summed E-state index contributed by atoms with van der Waals surface area (Å²) in [4.78, 5) is 34.8. The van der Waals surface area contributed by atoms with E-state index >= 15 is 0 Å². The van der Waals surface area contributed by atoms with Crippen LogP contribution in [0.4, 0.5) is 0 Å². The van der Waals surface area contributed by atoms with Crippen LogP contribution in [-0.4, -0.2) is 89.7 Å². The van der Waals surface area contributed by atoms with E-state index in [9.17, 15) is 9.59 Å². The van der Waals surface area contributed by atoms with Gasteiger partial charge in [-0.3, -0.25) is 19.2 Å². The lowest BCUT2D eigenvalue weighted by Gasteiger charge is -2.17. The normalized spacial score (nSPS) is 10.4. The van der Waals surface area contributed by atoms with Crippen molar-refractivity contribution in [2.24, 2.45) is 29.6 Å². The number of amides is 2. The second-order valence-electron chi connectivity index (χ2n) is 23.9. The molecular formula is C85H159N13O4. The van der Waals surface area contributed by atoms with Crippen molar-refractivity contribution >= 4 is 22.8 Å². The number of carbonyl (C=O) groups is 2. The van der Waals surface area contributed by atoms with Gasteiger partial charge in [0, 0.05) is 61.5 Å². The van der Waals surface area contributed by atoms with E-state index in [0.29, 0.717) is 30.0 Å². The van der Waals surface area contributed by atoms with Crippen LogP contribution in [0.15, 0.2) is 153 Å². The first-order chi connectivity index (χ1) is 48.8. The summed E-state index contributed by atoms with van der Waals surface area (Å²) in [7, 11) is 0. The summed E-state index contributed by atoms with van der Waals surface area (Å²) in [6.45, 7) is 76.9. The highest BCUT2D eigenvalue weighted by atomic mass is 16.7. The maximum Gasteiger partial charge on any atom is 0.261 e. The minimum absolute atomic E-state index is 0.0811. The highest BCUT2D eigenvalue weighted by Gasteiger charge is 2.36. The minimum Gasteiger partial charge on any atom is -0.454 e. The van der Waals surface area contributed by atoms with Gasteiger partial charge >= 0.3 is 0 Å². The number of aromatic amines is 1. The number of imide groups is 1. The lowest BCUT2D eigenvalue weighted by Crippen LogP contribution is -2.35. The van der Waals surface area contributed by atoms with Crippen molar-refractivity contribution in [2.75, 3.05) is 6.79 Å². The standard InChI is InChI=1S/C11H11NO2.C9H11N3.C7H6O2.C6H10N2.C6H12.C4H4N2.5C4H10.C3H3N3.C3H4N2.8C2H6/c1-7(2)12-10(13)8-5-3-4-6-9(8)11(12)14;1-7(2)12-9-6-4-3-5-8(9)10-11-12;1-2-4-7-6(3-1)8-5-9-7;1-6(2)8-5-3-4-7-8;2*1-2-4-6-5-3-1;5*1-4(2)3;1-2-5-6-3-4-1;1-2-5-3-4-1;8*1-2/h3-7H,1-2H3;3-7H,1-2H3;1-4H,5H2;3-6H,1-2H3;1-6H2;1-4H;5*4H,1-3H3;1-3H;1-3H,(H,4,5);8*1-2H3. The third kappa shape index (κ3) is 79.6. The third-order valence-electron chi connectivity index (χ3n) is 9.33. The van der Waals surface area contributed by atoms with Crippen LogP contribution in [0.2, 0.25) is 0 Å². The molecule has 1 saturated carbocycles. The van der Waals surface area contributed by atoms with Crippen LogP contribution in [-0.2, 0) is 0 Å². The van der Waals surface area contributed by atoms with Gasteiger partial charge in [-0.25, -0.2) is 14.6 Å². The van der Waals surface area contributed by atoms with Gasteiger partial charge in [-0.05, 0) is 126 Å². The highest BCUT2D eigenvalue weighted by Crippen LogP contribution is 2.30. The molecule has 3 aliphatic rings. The smallest absolute Gasteiger partial charge is 0.261 e. The Bertz CT molecular complexity index is 2510. The fraction of sp³-hybridized carbons (Fsp3) is 0.612. The summed E-state index contributed by atoms with van der Waals surface area (Å²) >= 11 is 0. The van der Waals surface area contributed by atoms with E-state index in [1.807, 2.05) is 207 Å². The van der Waals surface area contributed by atoms with Gasteiger partial charge in [-0.15, -0.1) is 10.2 Å². The Labute approximate surface area is 628 Å². The van der Waals surface area contributed by atoms with E-state index in [0.717, 1.165) is 52.1 Å². The number of nitrogens with one attached hydrogen (secondary N) is 1. The molecule has 1 aliphatic carbocycles. The molecule has 5 aromatic heterocycles. The van der Waals surface area contributed by atoms with Crippen molar-refractivity contribution < 1.29 is 19.1 Å². The number of nitrogens with zero attached hydrogens (tertiary/aromatic N) is 12. The van der Waals surface area contributed by atoms with Gasteiger partial charge in [0.1, 0.15) is 11.8 Å². The van der Waals surface area contributed by atoms with E-state index < -0.39 is 0 Å². The van der Waals surface area contributed by atoms with Crippen molar-refractivity contribution in [3.63, 3.8) is 0 Å². The van der Waals surface area contributed by atoms with Crippen LogP contribution in [0, 0.1) is 29.6 Å². The number of H-pyrrole nitrogens is 1. The molecular weight excluding hydrogens is 1270 g/mol. The molecule has 0 spiro atoms. The van der Waals surface area contributed by atoms with Crippen LogP contribution in [0.5, 0.6) is 11.5 Å². The number of hydrogen-bond acceptors (Lipinski definition) is 13. The zero-order valence-electron chi connectivity index (χ0n) is 72.5. The molecule has 102 heavy (non-hydrogen) atoms. The van der Waals surface area contributed by atoms with Gasteiger partial charge in [-0.2, -0.15) is 20.4 Å². The van der Waals surface area contributed by atoms with Gasteiger partial charge in [0.2, 0.25) is 6.79 Å². The Morgan fingerprint density at radius 2 is 0.755 bits per heavy atom. The van der Waals surface area contributed by atoms with Crippen LogP contribution >= 0.6 is 0 Å². The minimum atomic E-state index is -0.180. The van der Waals surface area contributed by atoms with Crippen molar-refractivity contribution in [1.82, 2.24) is 65.0 Å². The Balaban J connectivity index is -0.000000113. The van der Waals surface area contributed by atoms with Crippen molar-refractivity contribution in [3.8, 4) is 11.5 Å². The number of para-hydroxylation sites is 3. The second-order valence-corrected chi connectivity index (χ2v) is 23.9. The zero-order chi connectivity index (χ0) is 81.1. The first-order valence-corrected chi connectivity index (χ1v) is 38.7. The molecule has 1 fully saturated rings. The molecule has 0 saturated heterocycles. The van der Waals surface area contributed by atoms with E-state index in [1.54, 1.807) is 67.8 Å². The number of fused-ring (bicyclic) bond motifs is 3. The van der Waals surface area contributed by atoms with E-state index in [2.05, 4.69) is 182 Å². The zero-order valence-corrected chi connectivity index (χ0v) is 72.5. The summed E-state index contributed by atoms with van der Waals surface area (Å²) in [5.41, 5.74) is 3.11. The molecule has 11 rings (SSSR count). The van der Waals surface area contributed by atoms with Gasteiger partial charge in [0.25, 0.3) is 11.8 Å². The average Bonchev–Trinajstić information content (AvgIpc) is 1.64. The van der Waals surface area contributed by atoms with Gasteiger partial charge in [-0.1, -0.05) is 295 Å². The van der Waals surface area contributed by atoms with Gasteiger partial charge in [0.05, 0.1) is 29.2 Å². The molecule has 0 radical (unpaired) electrons. The number of rotatable bonds is 3. The fourth-order valence-corrected chi connectivity index (χ4v) is 6.11. The van der Waals surface area contributed by atoms with Crippen LogP contribution in [0.25, 0.3) is 11.0 Å². The van der Waals surface area contributed by atoms with E-state index in [4.69, 9.17) is 9.47 Å². The molecule has 7 heterocycles. The number of ether oxygens (including phenoxy) is 2. The fourth-order valence-electron chi connectivity index (χ4n) is 6.11. The molecule has 17 nitrogen and oxygen atoms in total. The Kier molecular flexibility index (Phi) is 103. The van der Waals surface area contributed by atoms with E-state index in [-0.39, 0.29) is 17.9 Å². The van der Waals surface area contributed by atoms with Crippen LogP contribution in [0.3, 0.4) is 0 Å². The van der Waals surface area contributed by atoms with Crippen LogP contribution < -0.4 is 9.47 Å². The summed E-state index contributed by atoms with van der Waals surface area (Å²) in [5.74, 6) is 5.50. The highest BCUT2D eigenvalue weighted by molar-refractivity contribution is 6.21. The van der Waals surface area contributed by atoms with Gasteiger partial charge in [0.15, 0.2) is 11.5 Å². The molecule has 2 aliphatic heterocycles. The van der Waals surface area contributed by atoms with Gasteiger partial charge < -0.3 is 14.5 Å². The monoisotopic (exact) mass is 1430 g/mol. The molecule has 0 bridgehead atoms. The lowest BCUT2D eigenvalue weighted by molar-refractivity contribution is 0.0608. The molecule has 3 aromatic carbocycles. The average molecular weight is 1430 g/mol. The number of hydrogen-bond donors (Lipinski definition) is 1. The molecule has 0 atom stereocenters. The van der Waals surface area contributed by atoms with Crippen molar-refractivity contribution in [1.29, 1.82) is 0 Å². The topological polar surface area (TPSA) is 197 Å². The van der Waals surface area contributed by atoms with Crippen molar-refractivity contribution in [2.45, 2.75) is 313 Å². The van der Waals surface area contributed by atoms with E-state index in [1.165, 1.54) is 55.9 Å². The largest absolute Gasteiger partial charge is 0.454 e. The lowest BCUT2D eigenvalue weighted by atomic mass is 10.0. The number of benzene rings is 3. The third-order valence-corrected chi connectivity index (χ3v) is 9.33. The molecule has 8 aromatic rings. The first-order valence-electron chi connectivity index (χ1n) is 38.7. The predicted octanol–water partition coefficient (Wildman–Crippen LogP) is 26.2. The molecule has 2 amide bonds. The Morgan fingerprint density at radius 1 is 0.382 bits per heavy atom. The molecule has 0 unspecified atom stereocenters. The predicted molar refractivity (Wildman–Crippen MR) is 447 cm³/mol. The maximum atomic E-state index is 11.8. The number of imidazole rings is 1. The summed E-state index contributed by atoms with van der Waals surface area (Å²) < 4.78 is 14.0. The SMILES string of the molecule is C1CCCCC1.CC.CC.CC.CC.CC.CC.CC.CC.CC(C)C.CC(C)C.CC(C)C.CC(C)C.CC(C)C.CC(C)N1C(=O)c2ccccc2C1=O.CC(C)n1cccn1.CC(C)n1nnc2ccccc21.c1c[nH]cn1.c1ccc2c(c1)OCO2.c1ccnnc1.c1cnncn1. The molecule has 588 valence electrons. The van der Waals surface area contributed by atoms with Crippen molar-refractivity contribution in [3.05, 3.63) is 164 Å². The Hall–Kier alpha value is -7.69. The first kappa shape index (κ1) is 116. The molecule has 17 heteroatoms. The second kappa shape index (κ2) is 91.3. The number of carbonyl (C=O) groups excluding carboxylic acids is 2.